The molecule has 0 bridgehead atoms. The van der Waals surface area contributed by atoms with E-state index in [4.69, 9.17) is 5.73 Å². The molecule has 18 heavy (non-hydrogen) atoms. The SMILES string of the molecule is NC(=O)CN(C(=O)[C@H]1CCCCN1)C1CCCC1. The van der Waals surface area contributed by atoms with Gasteiger partial charge in [0.25, 0.3) is 0 Å². The second-order valence-electron chi connectivity index (χ2n) is 5.37. The van der Waals surface area contributed by atoms with Crippen molar-refractivity contribution in [3.8, 4) is 0 Å². The Morgan fingerprint density at radius 1 is 1.11 bits per heavy atom. The van der Waals surface area contributed by atoms with E-state index in [1.165, 1.54) is 0 Å². The molecule has 2 aliphatic rings. The first kappa shape index (κ1) is 13.3. The van der Waals surface area contributed by atoms with Crippen LogP contribution in [0.15, 0.2) is 0 Å². The first-order valence-corrected chi connectivity index (χ1v) is 7.00. The van der Waals surface area contributed by atoms with E-state index in [1.54, 1.807) is 4.90 Å². The first-order valence-electron chi connectivity index (χ1n) is 7.00. The number of primary amides is 1. The summed E-state index contributed by atoms with van der Waals surface area (Å²) in [6.45, 7) is 0.965. The summed E-state index contributed by atoms with van der Waals surface area (Å²) in [4.78, 5) is 25.4. The van der Waals surface area contributed by atoms with Gasteiger partial charge in [0, 0.05) is 6.04 Å². The number of carbonyl (C=O) groups is 2. The second-order valence-corrected chi connectivity index (χ2v) is 5.37. The van der Waals surface area contributed by atoms with E-state index in [-0.39, 0.29) is 24.5 Å². The van der Waals surface area contributed by atoms with Crippen LogP contribution in [0.1, 0.15) is 44.9 Å². The van der Waals surface area contributed by atoms with Crippen molar-refractivity contribution in [2.45, 2.75) is 57.0 Å². The highest BCUT2D eigenvalue weighted by atomic mass is 16.2. The number of piperidine rings is 1. The quantitative estimate of drug-likeness (QED) is 0.761. The Bertz CT molecular complexity index is 307. The van der Waals surface area contributed by atoms with Gasteiger partial charge in [0.1, 0.15) is 0 Å². The van der Waals surface area contributed by atoms with Crippen molar-refractivity contribution < 1.29 is 9.59 Å². The summed E-state index contributed by atoms with van der Waals surface area (Å²) in [6.07, 6.45) is 7.39. The van der Waals surface area contributed by atoms with Gasteiger partial charge < -0.3 is 16.0 Å². The molecule has 0 radical (unpaired) electrons. The Labute approximate surface area is 108 Å². The molecule has 1 saturated carbocycles. The third-order valence-electron chi connectivity index (χ3n) is 3.98. The van der Waals surface area contributed by atoms with Crippen molar-refractivity contribution in [3.05, 3.63) is 0 Å². The predicted octanol–water partition coefficient (Wildman–Crippen LogP) is 0.385. The number of nitrogens with zero attached hydrogens (tertiary/aromatic N) is 1. The van der Waals surface area contributed by atoms with Gasteiger partial charge in [-0.2, -0.15) is 0 Å². The number of nitrogens with one attached hydrogen (secondary N) is 1. The number of hydrogen-bond donors (Lipinski definition) is 2. The fourth-order valence-electron chi connectivity index (χ4n) is 3.03. The van der Waals surface area contributed by atoms with Gasteiger partial charge in [-0.05, 0) is 32.2 Å². The summed E-state index contributed by atoms with van der Waals surface area (Å²) >= 11 is 0. The van der Waals surface area contributed by atoms with Crippen molar-refractivity contribution in [2.75, 3.05) is 13.1 Å². The molecule has 1 atom stereocenters. The van der Waals surface area contributed by atoms with Crippen LogP contribution in [0.4, 0.5) is 0 Å². The monoisotopic (exact) mass is 253 g/mol. The normalized spacial score (nSPS) is 25.0. The maximum atomic E-state index is 12.5. The largest absolute Gasteiger partial charge is 0.368 e. The zero-order chi connectivity index (χ0) is 13.0. The highest BCUT2D eigenvalue weighted by Gasteiger charge is 2.32. The van der Waals surface area contributed by atoms with Crippen LogP contribution in [0.2, 0.25) is 0 Å². The molecule has 2 fully saturated rings. The van der Waals surface area contributed by atoms with Crippen LogP contribution in [0.3, 0.4) is 0 Å². The van der Waals surface area contributed by atoms with Gasteiger partial charge >= 0.3 is 0 Å². The van der Waals surface area contributed by atoms with E-state index in [1.807, 2.05) is 0 Å². The molecule has 0 spiro atoms. The molecular weight excluding hydrogens is 230 g/mol. The molecule has 5 nitrogen and oxygen atoms in total. The molecular formula is C13H23N3O2. The molecule has 0 unspecified atom stereocenters. The van der Waals surface area contributed by atoms with Gasteiger partial charge in [-0.1, -0.05) is 19.3 Å². The number of nitrogens with two attached hydrogens (primary N) is 1. The van der Waals surface area contributed by atoms with Gasteiger partial charge in [0.2, 0.25) is 11.8 Å². The van der Waals surface area contributed by atoms with Crippen molar-refractivity contribution >= 4 is 11.8 Å². The molecule has 1 heterocycles. The molecule has 1 aliphatic carbocycles. The zero-order valence-electron chi connectivity index (χ0n) is 10.9. The third kappa shape index (κ3) is 3.22. The lowest BCUT2D eigenvalue weighted by molar-refractivity contribution is -0.139. The first-order chi connectivity index (χ1) is 8.68. The van der Waals surface area contributed by atoms with E-state index >= 15 is 0 Å². The minimum atomic E-state index is -0.411. The minimum absolute atomic E-state index is 0.0698. The Kier molecular flexibility index (Phi) is 4.58. The predicted molar refractivity (Wildman–Crippen MR) is 68.8 cm³/mol. The lowest BCUT2D eigenvalue weighted by Gasteiger charge is -2.33. The summed E-state index contributed by atoms with van der Waals surface area (Å²) in [7, 11) is 0. The van der Waals surface area contributed by atoms with Crippen LogP contribution in [0.25, 0.3) is 0 Å². The van der Waals surface area contributed by atoms with E-state index < -0.39 is 5.91 Å². The zero-order valence-corrected chi connectivity index (χ0v) is 10.9. The lowest BCUT2D eigenvalue weighted by Crippen LogP contribution is -2.53. The van der Waals surface area contributed by atoms with Gasteiger partial charge in [0.15, 0.2) is 0 Å². The number of rotatable bonds is 4. The molecule has 2 rings (SSSR count). The molecule has 5 heteroatoms. The van der Waals surface area contributed by atoms with E-state index in [2.05, 4.69) is 5.32 Å². The van der Waals surface area contributed by atoms with Crippen molar-refractivity contribution in [3.63, 3.8) is 0 Å². The smallest absolute Gasteiger partial charge is 0.240 e. The lowest BCUT2D eigenvalue weighted by atomic mass is 10.0. The average molecular weight is 253 g/mol. The summed E-state index contributed by atoms with van der Waals surface area (Å²) in [5, 5.41) is 3.25. The van der Waals surface area contributed by atoms with Gasteiger partial charge in [-0.15, -0.1) is 0 Å². The molecule has 1 saturated heterocycles. The summed E-state index contributed by atoms with van der Waals surface area (Å²) in [5.41, 5.74) is 5.28. The average Bonchev–Trinajstić information content (AvgIpc) is 2.89. The summed E-state index contributed by atoms with van der Waals surface area (Å²) in [5.74, 6) is -0.341. The number of hydrogen-bond acceptors (Lipinski definition) is 3. The molecule has 3 N–H and O–H groups in total. The Balaban J connectivity index is 2.01. The minimum Gasteiger partial charge on any atom is -0.368 e. The van der Waals surface area contributed by atoms with Crippen molar-refractivity contribution in [1.82, 2.24) is 10.2 Å². The fourth-order valence-corrected chi connectivity index (χ4v) is 3.03. The third-order valence-corrected chi connectivity index (χ3v) is 3.98. The molecule has 0 aromatic carbocycles. The number of amides is 2. The maximum Gasteiger partial charge on any atom is 0.240 e. The van der Waals surface area contributed by atoms with Gasteiger partial charge in [-0.25, -0.2) is 0 Å². The van der Waals surface area contributed by atoms with Crippen molar-refractivity contribution in [2.24, 2.45) is 5.73 Å². The van der Waals surface area contributed by atoms with Gasteiger partial charge in [0.05, 0.1) is 12.6 Å². The Morgan fingerprint density at radius 3 is 2.33 bits per heavy atom. The summed E-state index contributed by atoms with van der Waals surface area (Å²) < 4.78 is 0. The van der Waals surface area contributed by atoms with Crippen LogP contribution in [0, 0.1) is 0 Å². The highest BCUT2D eigenvalue weighted by molar-refractivity contribution is 5.87. The van der Waals surface area contributed by atoms with Crippen LogP contribution < -0.4 is 11.1 Å². The topological polar surface area (TPSA) is 75.4 Å². The maximum absolute atomic E-state index is 12.5. The van der Waals surface area contributed by atoms with Crippen LogP contribution >= 0.6 is 0 Å². The molecule has 1 aliphatic heterocycles. The second kappa shape index (κ2) is 6.18. The Morgan fingerprint density at radius 2 is 1.78 bits per heavy atom. The van der Waals surface area contributed by atoms with Gasteiger partial charge in [-0.3, -0.25) is 9.59 Å². The van der Waals surface area contributed by atoms with Crippen LogP contribution in [-0.4, -0.2) is 41.9 Å². The Hall–Kier alpha value is -1.10. The van der Waals surface area contributed by atoms with Crippen LogP contribution in [0.5, 0.6) is 0 Å². The van der Waals surface area contributed by atoms with Crippen LogP contribution in [-0.2, 0) is 9.59 Å². The molecule has 0 aromatic rings. The van der Waals surface area contributed by atoms with E-state index in [9.17, 15) is 9.59 Å². The molecule has 102 valence electrons. The molecule has 0 aromatic heterocycles. The highest BCUT2D eigenvalue weighted by Crippen LogP contribution is 2.24. The standard InChI is InChI=1S/C13H23N3O2/c14-12(17)9-16(10-5-1-2-6-10)13(18)11-7-3-4-8-15-11/h10-11,15H,1-9H2,(H2,14,17)/t11-/m1/s1. The van der Waals surface area contributed by atoms with Crippen molar-refractivity contribution in [1.29, 1.82) is 0 Å². The number of carbonyl (C=O) groups excluding carboxylic acids is 2. The van der Waals surface area contributed by atoms with E-state index in [0.29, 0.717) is 0 Å². The fraction of sp³-hybridized carbons (Fsp3) is 0.846. The summed E-state index contributed by atoms with van der Waals surface area (Å²) in [6, 6.07) is 0.104. The van der Waals surface area contributed by atoms with E-state index in [0.717, 1.165) is 51.5 Å². The molecule has 2 amide bonds.